The van der Waals surface area contributed by atoms with Gasteiger partial charge < -0.3 is 0 Å². The lowest BCUT2D eigenvalue weighted by Gasteiger charge is -2.33. The third-order valence-electron chi connectivity index (χ3n) is 5.68. The van der Waals surface area contributed by atoms with Crippen molar-refractivity contribution in [2.75, 3.05) is 0 Å². The van der Waals surface area contributed by atoms with Crippen molar-refractivity contribution in [3.05, 3.63) is 11.6 Å². The van der Waals surface area contributed by atoms with E-state index in [2.05, 4.69) is 6.08 Å². The van der Waals surface area contributed by atoms with E-state index in [-0.39, 0.29) is 0 Å². The lowest BCUT2D eigenvalue weighted by Crippen LogP contribution is -2.21. The van der Waals surface area contributed by atoms with Gasteiger partial charge in [0.15, 0.2) is 0 Å². The minimum absolute atomic E-state index is 0.754. The van der Waals surface area contributed by atoms with Crippen LogP contribution in [0, 0.1) is 23.2 Å². The predicted octanol–water partition coefficient (Wildman–Crippen LogP) is 3.92. The summed E-state index contributed by atoms with van der Waals surface area (Å²) in [6.07, 6.45) is 15.0. The third kappa shape index (κ3) is 0.857. The molecule has 0 N–H and O–H groups in total. The molecule has 0 aromatic heterocycles. The zero-order chi connectivity index (χ0) is 9.17. The molecule has 4 rings (SSSR count). The number of hydrogen-bond acceptors (Lipinski definition) is 0. The van der Waals surface area contributed by atoms with E-state index in [1.54, 1.807) is 32.1 Å². The van der Waals surface area contributed by atoms with Gasteiger partial charge in [-0.05, 0) is 74.5 Å². The summed E-state index contributed by atoms with van der Waals surface area (Å²) in [4.78, 5) is 0. The molecular formula is C14H20. The Labute approximate surface area is 86.8 Å². The van der Waals surface area contributed by atoms with E-state index in [0.29, 0.717) is 0 Å². The molecule has 0 spiro atoms. The zero-order valence-electron chi connectivity index (χ0n) is 8.97. The lowest BCUT2D eigenvalue weighted by molar-refractivity contribution is 0.325. The van der Waals surface area contributed by atoms with Gasteiger partial charge in [-0.2, -0.15) is 0 Å². The molecule has 4 bridgehead atoms. The molecule has 14 heavy (non-hydrogen) atoms. The second-order valence-electron chi connectivity index (χ2n) is 6.32. The van der Waals surface area contributed by atoms with Gasteiger partial charge in [0.2, 0.25) is 0 Å². The summed E-state index contributed by atoms with van der Waals surface area (Å²) in [7, 11) is 0. The SMILES string of the molecule is C1=C(C23CCC(CC2)C3)C2CCC1C2. The summed E-state index contributed by atoms with van der Waals surface area (Å²) in [6.45, 7) is 0. The summed E-state index contributed by atoms with van der Waals surface area (Å²) in [5.74, 6) is 3.16. The first-order chi connectivity index (χ1) is 6.86. The second-order valence-corrected chi connectivity index (χ2v) is 6.32. The average molecular weight is 188 g/mol. The summed E-state index contributed by atoms with van der Waals surface area (Å²) in [5, 5.41) is 0. The van der Waals surface area contributed by atoms with Crippen LogP contribution in [0.25, 0.3) is 0 Å². The van der Waals surface area contributed by atoms with Gasteiger partial charge in [0.25, 0.3) is 0 Å². The van der Waals surface area contributed by atoms with Crippen LogP contribution in [0.3, 0.4) is 0 Å². The van der Waals surface area contributed by atoms with Gasteiger partial charge in [-0.1, -0.05) is 11.6 Å². The number of allylic oxidation sites excluding steroid dienone is 2. The first-order valence-corrected chi connectivity index (χ1v) is 6.58. The van der Waals surface area contributed by atoms with Crippen LogP contribution in [-0.4, -0.2) is 0 Å². The Morgan fingerprint density at radius 3 is 2.43 bits per heavy atom. The van der Waals surface area contributed by atoms with Crippen molar-refractivity contribution in [1.82, 2.24) is 0 Å². The molecule has 2 atom stereocenters. The predicted molar refractivity (Wildman–Crippen MR) is 57.9 cm³/mol. The summed E-state index contributed by atoms with van der Waals surface area (Å²) >= 11 is 0. The first kappa shape index (κ1) is 7.96. The molecule has 76 valence electrons. The Morgan fingerprint density at radius 2 is 1.93 bits per heavy atom. The number of fused-ring (bicyclic) bond motifs is 4. The van der Waals surface area contributed by atoms with Crippen LogP contribution in [0.2, 0.25) is 0 Å². The Bertz CT molecular complexity index is 291. The molecule has 2 unspecified atom stereocenters. The standard InChI is InChI=1S/C14H20/c1-2-12-7-11(1)8-13(12)14-5-3-10(9-14)4-6-14/h8,10-12H,1-7,9H2. The van der Waals surface area contributed by atoms with Gasteiger partial charge in [0.1, 0.15) is 0 Å². The van der Waals surface area contributed by atoms with Crippen molar-refractivity contribution in [2.45, 2.75) is 51.4 Å². The van der Waals surface area contributed by atoms with E-state index in [1.165, 1.54) is 19.3 Å². The highest BCUT2D eigenvalue weighted by atomic mass is 14.6. The van der Waals surface area contributed by atoms with E-state index >= 15 is 0 Å². The van der Waals surface area contributed by atoms with Crippen molar-refractivity contribution in [2.24, 2.45) is 23.2 Å². The minimum atomic E-state index is 0.754. The van der Waals surface area contributed by atoms with Crippen LogP contribution in [-0.2, 0) is 0 Å². The van der Waals surface area contributed by atoms with Crippen molar-refractivity contribution in [3.8, 4) is 0 Å². The minimum Gasteiger partial charge on any atom is -0.0813 e. The average Bonchev–Trinajstić information content (AvgIpc) is 2.98. The third-order valence-corrected chi connectivity index (χ3v) is 5.68. The van der Waals surface area contributed by atoms with E-state index in [4.69, 9.17) is 0 Å². The molecule has 0 saturated heterocycles. The van der Waals surface area contributed by atoms with E-state index < -0.39 is 0 Å². The van der Waals surface area contributed by atoms with Crippen molar-refractivity contribution >= 4 is 0 Å². The largest absolute Gasteiger partial charge is 0.0813 e. The molecule has 3 fully saturated rings. The Morgan fingerprint density at radius 1 is 1.07 bits per heavy atom. The maximum atomic E-state index is 2.71. The maximum Gasteiger partial charge on any atom is -0.00824 e. The highest BCUT2D eigenvalue weighted by Gasteiger charge is 2.51. The smallest absolute Gasteiger partial charge is 0.00824 e. The lowest BCUT2D eigenvalue weighted by atomic mass is 9.72. The Hall–Kier alpha value is -0.260. The Balaban J connectivity index is 1.72. The molecule has 0 nitrogen and oxygen atoms in total. The molecule has 3 saturated carbocycles. The van der Waals surface area contributed by atoms with E-state index in [0.717, 1.165) is 23.2 Å². The molecule has 0 heterocycles. The summed E-state index contributed by atoms with van der Waals surface area (Å²) < 4.78 is 0. The van der Waals surface area contributed by atoms with Crippen molar-refractivity contribution < 1.29 is 0 Å². The molecule has 4 aliphatic carbocycles. The zero-order valence-corrected chi connectivity index (χ0v) is 8.97. The topological polar surface area (TPSA) is 0 Å². The monoisotopic (exact) mass is 188 g/mol. The van der Waals surface area contributed by atoms with Crippen LogP contribution in [0.15, 0.2) is 11.6 Å². The van der Waals surface area contributed by atoms with E-state index in [1.807, 2.05) is 5.57 Å². The van der Waals surface area contributed by atoms with Crippen LogP contribution >= 0.6 is 0 Å². The summed E-state index contributed by atoms with van der Waals surface area (Å²) in [5.41, 5.74) is 2.71. The van der Waals surface area contributed by atoms with Gasteiger partial charge in [-0.25, -0.2) is 0 Å². The molecule has 0 radical (unpaired) electrons. The molecule has 0 aromatic rings. The van der Waals surface area contributed by atoms with Crippen LogP contribution in [0.5, 0.6) is 0 Å². The fourth-order valence-electron chi connectivity index (χ4n) is 5.05. The van der Waals surface area contributed by atoms with Crippen molar-refractivity contribution in [3.63, 3.8) is 0 Å². The highest BCUT2D eigenvalue weighted by molar-refractivity contribution is 5.29. The van der Waals surface area contributed by atoms with Crippen LogP contribution < -0.4 is 0 Å². The number of hydrogen-bond donors (Lipinski definition) is 0. The first-order valence-electron chi connectivity index (χ1n) is 6.58. The fraction of sp³-hybridized carbons (Fsp3) is 0.857. The van der Waals surface area contributed by atoms with Crippen LogP contribution in [0.4, 0.5) is 0 Å². The molecule has 0 aliphatic heterocycles. The maximum absolute atomic E-state index is 2.71. The van der Waals surface area contributed by atoms with Crippen LogP contribution in [0.1, 0.15) is 51.4 Å². The number of rotatable bonds is 1. The van der Waals surface area contributed by atoms with Gasteiger partial charge in [-0.3, -0.25) is 0 Å². The molecule has 4 aliphatic rings. The fourth-order valence-corrected chi connectivity index (χ4v) is 5.05. The van der Waals surface area contributed by atoms with E-state index in [9.17, 15) is 0 Å². The quantitative estimate of drug-likeness (QED) is 0.547. The van der Waals surface area contributed by atoms with Gasteiger partial charge in [-0.15, -0.1) is 0 Å². The second kappa shape index (κ2) is 2.46. The van der Waals surface area contributed by atoms with Gasteiger partial charge in [0, 0.05) is 0 Å². The highest BCUT2D eigenvalue weighted by Crippen LogP contribution is 2.63. The van der Waals surface area contributed by atoms with Crippen molar-refractivity contribution in [1.29, 1.82) is 0 Å². The van der Waals surface area contributed by atoms with Gasteiger partial charge >= 0.3 is 0 Å². The normalized spacial score (nSPS) is 54.3. The molecule has 0 aromatic carbocycles. The Kier molecular flexibility index (Phi) is 1.40. The van der Waals surface area contributed by atoms with Gasteiger partial charge in [0.05, 0.1) is 0 Å². The molecular weight excluding hydrogens is 168 g/mol. The molecule has 0 heteroatoms. The summed E-state index contributed by atoms with van der Waals surface area (Å²) in [6, 6.07) is 0. The molecule has 0 amide bonds.